The molecule has 0 unspecified atom stereocenters. The van der Waals surface area contributed by atoms with E-state index in [4.69, 9.17) is 9.47 Å². The van der Waals surface area contributed by atoms with Crippen LogP contribution in [-0.4, -0.2) is 44.2 Å². The fraction of sp³-hybridized carbons (Fsp3) is 0.304. The van der Waals surface area contributed by atoms with Crippen LogP contribution >= 0.6 is 0 Å². The monoisotopic (exact) mass is 440 g/mol. The Morgan fingerprint density at radius 2 is 1.62 bits per heavy atom. The van der Waals surface area contributed by atoms with E-state index >= 15 is 0 Å². The molecule has 0 aliphatic rings. The molecule has 9 heteroatoms. The molecule has 0 bridgehead atoms. The molecule has 0 saturated heterocycles. The molecule has 0 heterocycles. The summed E-state index contributed by atoms with van der Waals surface area (Å²) in [5.74, 6) is -0.739. The zero-order chi connectivity index (χ0) is 23.5. The summed E-state index contributed by atoms with van der Waals surface area (Å²) in [7, 11) is 3.14. The molecule has 0 aromatic heterocycles. The Balaban J connectivity index is 1.74. The Hall–Kier alpha value is -3.88. The largest absolute Gasteiger partial charge is 0.493 e. The molecule has 2 aromatic rings. The third kappa shape index (κ3) is 7.75. The van der Waals surface area contributed by atoms with Crippen LogP contribution in [0.4, 0.5) is 5.69 Å². The standard InChI is InChI=1S/C23H28N4O5/c1-15-5-8-18(9-6-15)25-22(29)23(30)27-26-16(2)13-21(28)24-12-11-17-7-10-19(31-3)20(14-17)32-4/h5-10,14H,11-13H2,1-4H3,(H,24,28)(H,25,29)(H,27,30)/b26-16-. The van der Waals surface area contributed by atoms with E-state index in [9.17, 15) is 14.4 Å². The number of aryl methyl sites for hydroxylation is 1. The minimum absolute atomic E-state index is 0.00814. The zero-order valence-electron chi connectivity index (χ0n) is 18.7. The minimum atomic E-state index is -0.918. The van der Waals surface area contributed by atoms with Gasteiger partial charge in [-0.3, -0.25) is 14.4 Å². The van der Waals surface area contributed by atoms with Gasteiger partial charge < -0.3 is 20.1 Å². The Morgan fingerprint density at radius 1 is 0.938 bits per heavy atom. The van der Waals surface area contributed by atoms with E-state index in [1.165, 1.54) is 0 Å². The smallest absolute Gasteiger partial charge is 0.329 e. The zero-order valence-corrected chi connectivity index (χ0v) is 18.7. The van der Waals surface area contributed by atoms with Crippen LogP contribution in [0.15, 0.2) is 47.6 Å². The van der Waals surface area contributed by atoms with Crippen LogP contribution in [0.1, 0.15) is 24.5 Å². The number of hydrazone groups is 1. The van der Waals surface area contributed by atoms with Crippen molar-refractivity contribution in [3.05, 3.63) is 53.6 Å². The number of hydrogen-bond acceptors (Lipinski definition) is 6. The van der Waals surface area contributed by atoms with E-state index in [2.05, 4.69) is 21.2 Å². The number of hydrogen-bond donors (Lipinski definition) is 3. The number of ether oxygens (including phenoxy) is 2. The summed E-state index contributed by atoms with van der Waals surface area (Å²) < 4.78 is 10.5. The first-order valence-electron chi connectivity index (χ1n) is 10.0. The maximum Gasteiger partial charge on any atom is 0.329 e. The predicted molar refractivity (Wildman–Crippen MR) is 122 cm³/mol. The molecule has 0 aliphatic heterocycles. The molecule has 2 aromatic carbocycles. The molecule has 0 atom stereocenters. The van der Waals surface area contributed by atoms with Gasteiger partial charge in [-0.1, -0.05) is 23.8 Å². The summed E-state index contributed by atoms with van der Waals surface area (Å²) in [6.45, 7) is 3.93. The molecule has 0 fully saturated rings. The van der Waals surface area contributed by atoms with E-state index in [1.54, 1.807) is 33.3 Å². The van der Waals surface area contributed by atoms with Gasteiger partial charge in [-0.15, -0.1) is 0 Å². The van der Waals surface area contributed by atoms with Crippen molar-refractivity contribution < 1.29 is 23.9 Å². The molecular formula is C23H28N4O5. The van der Waals surface area contributed by atoms with Gasteiger partial charge >= 0.3 is 11.8 Å². The number of carbonyl (C=O) groups is 3. The van der Waals surface area contributed by atoms with Crippen molar-refractivity contribution in [2.45, 2.75) is 26.7 Å². The van der Waals surface area contributed by atoms with E-state index in [0.29, 0.717) is 35.9 Å². The van der Waals surface area contributed by atoms with Crippen LogP contribution in [0.5, 0.6) is 11.5 Å². The Kier molecular flexibility index (Phi) is 9.22. The summed E-state index contributed by atoms with van der Waals surface area (Å²) in [6, 6.07) is 12.6. The lowest BCUT2D eigenvalue weighted by molar-refractivity contribution is -0.136. The van der Waals surface area contributed by atoms with Crippen molar-refractivity contribution >= 4 is 29.1 Å². The van der Waals surface area contributed by atoms with Crippen LogP contribution < -0.4 is 25.5 Å². The number of methoxy groups -OCH3 is 2. The van der Waals surface area contributed by atoms with Gasteiger partial charge in [0, 0.05) is 17.9 Å². The quantitative estimate of drug-likeness (QED) is 0.314. The third-order valence-corrected chi connectivity index (χ3v) is 4.46. The van der Waals surface area contributed by atoms with Gasteiger partial charge in [0.15, 0.2) is 11.5 Å². The van der Waals surface area contributed by atoms with Crippen LogP contribution in [-0.2, 0) is 20.8 Å². The van der Waals surface area contributed by atoms with Crippen LogP contribution in [0.3, 0.4) is 0 Å². The molecule has 2 rings (SSSR count). The second kappa shape index (κ2) is 12.1. The molecule has 0 spiro atoms. The SMILES string of the molecule is COc1ccc(CCNC(=O)C/C(C)=N\NC(=O)C(=O)Nc2ccc(C)cc2)cc1OC. The number of nitrogens with one attached hydrogen (secondary N) is 3. The summed E-state index contributed by atoms with van der Waals surface area (Å²) >= 11 is 0. The lowest BCUT2D eigenvalue weighted by Crippen LogP contribution is -2.33. The van der Waals surface area contributed by atoms with Gasteiger partial charge in [-0.2, -0.15) is 5.10 Å². The van der Waals surface area contributed by atoms with Crippen molar-refractivity contribution in [2.24, 2.45) is 5.10 Å². The number of carbonyl (C=O) groups excluding carboxylic acids is 3. The van der Waals surface area contributed by atoms with E-state index < -0.39 is 11.8 Å². The molecule has 3 N–H and O–H groups in total. The van der Waals surface area contributed by atoms with Crippen molar-refractivity contribution in [1.82, 2.24) is 10.7 Å². The number of rotatable bonds is 9. The highest BCUT2D eigenvalue weighted by Gasteiger charge is 2.13. The number of amides is 3. The molecule has 0 saturated carbocycles. The average Bonchev–Trinajstić information content (AvgIpc) is 2.78. The van der Waals surface area contributed by atoms with Gasteiger partial charge in [0.05, 0.1) is 20.6 Å². The van der Waals surface area contributed by atoms with Crippen LogP contribution in [0.25, 0.3) is 0 Å². The van der Waals surface area contributed by atoms with Crippen molar-refractivity contribution in [3.8, 4) is 11.5 Å². The maximum atomic E-state index is 12.1. The summed E-state index contributed by atoms with van der Waals surface area (Å²) in [5.41, 5.74) is 5.05. The first-order valence-corrected chi connectivity index (χ1v) is 10.0. The highest BCUT2D eigenvalue weighted by atomic mass is 16.5. The predicted octanol–water partition coefficient (Wildman–Crippen LogP) is 2.19. The second-order valence-electron chi connectivity index (χ2n) is 7.07. The molecule has 170 valence electrons. The Bertz CT molecular complexity index is 986. The van der Waals surface area contributed by atoms with Crippen molar-refractivity contribution in [2.75, 3.05) is 26.1 Å². The van der Waals surface area contributed by atoms with Crippen molar-refractivity contribution in [1.29, 1.82) is 0 Å². The third-order valence-electron chi connectivity index (χ3n) is 4.46. The summed E-state index contributed by atoms with van der Waals surface area (Å²) in [4.78, 5) is 35.9. The first kappa shape index (κ1) is 24.4. The number of anilines is 1. The van der Waals surface area contributed by atoms with E-state index in [-0.39, 0.29) is 12.3 Å². The number of benzene rings is 2. The van der Waals surface area contributed by atoms with Gasteiger partial charge in [-0.25, -0.2) is 5.43 Å². The van der Waals surface area contributed by atoms with Gasteiger partial charge in [0.25, 0.3) is 0 Å². The van der Waals surface area contributed by atoms with E-state index in [0.717, 1.165) is 11.1 Å². The Labute approximate surface area is 187 Å². The highest BCUT2D eigenvalue weighted by Crippen LogP contribution is 2.27. The summed E-state index contributed by atoms with van der Waals surface area (Å²) in [5, 5.41) is 9.08. The van der Waals surface area contributed by atoms with Gasteiger partial charge in [0.1, 0.15) is 0 Å². The average molecular weight is 441 g/mol. The maximum absolute atomic E-state index is 12.1. The van der Waals surface area contributed by atoms with Gasteiger partial charge in [-0.05, 0) is 50.1 Å². The fourth-order valence-corrected chi connectivity index (χ4v) is 2.74. The normalized spacial score (nSPS) is 10.8. The fourth-order valence-electron chi connectivity index (χ4n) is 2.74. The topological polar surface area (TPSA) is 118 Å². The Morgan fingerprint density at radius 3 is 2.28 bits per heavy atom. The first-order chi connectivity index (χ1) is 15.3. The number of nitrogens with zero attached hydrogens (tertiary/aromatic N) is 1. The second-order valence-corrected chi connectivity index (χ2v) is 7.07. The highest BCUT2D eigenvalue weighted by molar-refractivity contribution is 6.39. The molecule has 9 nitrogen and oxygen atoms in total. The minimum Gasteiger partial charge on any atom is -0.493 e. The van der Waals surface area contributed by atoms with E-state index in [1.807, 2.05) is 37.3 Å². The van der Waals surface area contributed by atoms with Crippen molar-refractivity contribution in [3.63, 3.8) is 0 Å². The molecular weight excluding hydrogens is 412 g/mol. The molecule has 0 radical (unpaired) electrons. The lowest BCUT2D eigenvalue weighted by Gasteiger charge is -2.10. The summed E-state index contributed by atoms with van der Waals surface area (Å²) in [6.07, 6.45) is 0.601. The van der Waals surface area contributed by atoms with Gasteiger partial charge in [0.2, 0.25) is 5.91 Å². The van der Waals surface area contributed by atoms with Crippen LogP contribution in [0.2, 0.25) is 0 Å². The molecule has 3 amide bonds. The molecule has 0 aliphatic carbocycles. The van der Waals surface area contributed by atoms with Crippen LogP contribution in [0, 0.1) is 6.92 Å². The molecule has 32 heavy (non-hydrogen) atoms. The lowest BCUT2D eigenvalue weighted by atomic mass is 10.1.